The first kappa shape index (κ1) is 98.6. The van der Waals surface area contributed by atoms with Gasteiger partial charge in [-0.15, -0.1) is 11.8 Å². The third-order valence-corrected chi connectivity index (χ3v) is 11.0. The number of anilines is 2. The van der Waals surface area contributed by atoms with Crippen LogP contribution in [0.15, 0.2) is 62.1 Å². The Morgan fingerprint density at radius 2 is 1.12 bits per heavy atom. The van der Waals surface area contributed by atoms with Gasteiger partial charge in [-0.2, -0.15) is 27.4 Å². The number of nitro groups is 2. The van der Waals surface area contributed by atoms with Gasteiger partial charge in [0.1, 0.15) is 23.8 Å². The van der Waals surface area contributed by atoms with Crippen molar-refractivity contribution in [3.63, 3.8) is 0 Å². The smallest absolute Gasteiger partial charge is 0 e. The second-order valence-corrected chi connectivity index (χ2v) is 18.2. The van der Waals surface area contributed by atoms with Crippen LogP contribution in [0, 0.1) is 79.5 Å². The average Bonchev–Trinajstić information content (AvgIpc) is 4.22. The van der Waals surface area contributed by atoms with Gasteiger partial charge < -0.3 is 41.1 Å². The molecule has 2 aliphatic heterocycles. The number of nitrogens with zero attached hydrogens (tertiary/aromatic N) is 8. The third kappa shape index (κ3) is 55.2. The number of aryl methyl sites for hydroxylation is 3. The minimum atomic E-state index is -1.17. The second kappa shape index (κ2) is 68.8. The molecule has 0 bridgehead atoms. The minimum Gasteiger partial charge on any atom is 0 e. The Morgan fingerprint density at radius 1 is 0.760 bits per heavy atom. The van der Waals surface area contributed by atoms with Crippen molar-refractivity contribution >= 4 is 315 Å². The molecule has 4 aromatic heterocycles. The molecule has 6 heterocycles. The zero-order valence-electron chi connectivity index (χ0n) is 50.3. The van der Waals surface area contributed by atoms with E-state index in [1.54, 1.807) is 25.4 Å². The monoisotopic (exact) mass is 1510 g/mol. The van der Waals surface area contributed by atoms with Crippen molar-refractivity contribution in [2.75, 3.05) is 11.1 Å². The van der Waals surface area contributed by atoms with Crippen LogP contribution in [0.4, 0.5) is 22.7 Å². The van der Waals surface area contributed by atoms with Crippen molar-refractivity contribution in [2.24, 2.45) is 21.8 Å². The number of aliphatic imine (C=N–C) groups is 2. The molecule has 0 fully saturated rings. The van der Waals surface area contributed by atoms with Gasteiger partial charge in [-0.25, -0.2) is 4.79 Å². The number of rotatable bonds is 7. The van der Waals surface area contributed by atoms with Gasteiger partial charge >= 0.3 is 214 Å². The van der Waals surface area contributed by atoms with E-state index < -0.39 is 22.9 Å². The molecule has 4 aromatic rings. The number of amides is 1. The van der Waals surface area contributed by atoms with Crippen LogP contribution in [0.1, 0.15) is 96.6 Å². The Morgan fingerprint density at radius 3 is 1.37 bits per heavy atom. The predicted octanol–water partition coefficient (Wildman–Crippen LogP) is 9.38. The minimum absolute atomic E-state index is 0. The summed E-state index contributed by atoms with van der Waals surface area (Å²) in [6.45, 7) is 18.8. The van der Waals surface area contributed by atoms with E-state index in [0.717, 1.165) is 81.3 Å². The quantitative estimate of drug-likeness (QED) is 0.0288. The molecule has 0 saturated heterocycles. The number of aliphatic carboxylic acids is 1. The number of aromatic nitrogens is 4. The molecule has 0 saturated carbocycles. The standard InChI is InChI=1S/C13H17N3OS.C9H13NO2.C4H4N2O2S.C4H6N2S.C4H6.C3HBrN2O2S.CH5BO2.CH4.2CH3.6K.H3P.2Y.3H2/c1-8(2)10-5-4-6-11(15-10)13(17)16-12-7-14-18-9(12)3;1-6(2)7-4-3-5-8(10-7)9(11)12;1-3-4(6(7)8)2-5-9-3;1-3-4(5)2-6-7-3;1-3-4-2;4-3-2(6(7)8)1-5-9-3;1-2(3)4;;;;;;;;;;;;;;;/h6-8H,4-5H2,1-3H3,(H,16,17);5-6H,3-4H2,1-2H3,(H,11,12);2H,1H3;2H,5H2,1H3;1-2H3;1H;3-4H,1H3;1H4;2*1H3;;;;;;;1H3;;;3*1H/q;;;;;;;;2*-1;;;;;;;;;;;;/i;;;;;;;;;;;;;;;;;;;2*1+1D;1+1. The van der Waals surface area contributed by atoms with Crippen LogP contribution in [0.3, 0.4) is 0 Å². The van der Waals surface area contributed by atoms with Crippen LogP contribution in [-0.4, -0.2) is 262 Å². The largest absolute Gasteiger partial charge is 0 e. The van der Waals surface area contributed by atoms with E-state index >= 15 is 0 Å². The van der Waals surface area contributed by atoms with Crippen LogP contribution in [0.25, 0.3) is 0 Å². The fourth-order valence-electron chi connectivity index (χ4n) is 4.06. The molecule has 1 amide bonds. The number of nitrogens with two attached hydrogens (primary N) is 1. The fourth-order valence-corrected chi connectivity index (χ4v) is 6.55. The number of halogens is 1. The number of hydrogen-bond acceptors (Lipinski definition) is 19. The number of carboxylic acids is 1. The number of hydrogen-bond donors (Lipinski definition) is 5. The number of carbonyl (C=O) groups excluding carboxylic acids is 1. The molecular weight excluding hydrogens is 1440 g/mol. The normalized spacial score (nSPS) is 10.7. The Kier molecular flexibility index (Phi) is 90.5. The van der Waals surface area contributed by atoms with Crippen molar-refractivity contribution in [1.82, 2.24) is 17.5 Å². The molecule has 0 aliphatic carbocycles. The number of carbonyl (C=O) groups is 2. The van der Waals surface area contributed by atoms with Gasteiger partial charge in [0.15, 0.2) is 3.79 Å². The average molecular weight is 1520 g/mol. The molecule has 0 aromatic carbocycles. The summed E-state index contributed by atoms with van der Waals surface area (Å²) in [5.74, 6) is 5.04. The Bertz CT molecular complexity index is 2260. The van der Waals surface area contributed by atoms with E-state index in [2.05, 4.69) is 74.4 Å². The van der Waals surface area contributed by atoms with E-state index in [1.165, 1.54) is 232 Å². The Balaban J connectivity index is -0.0000000594. The topological polar surface area (TPSA) is 295 Å². The second-order valence-electron chi connectivity index (χ2n) is 13.1. The molecule has 2 aliphatic rings. The molecular formula is C41H71BBrK6N10O9PS4Y2-2. The summed E-state index contributed by atoms with van der Waals surface area (Å²) in [7, 11) is -1.17. The van der Waals surface area contributed by atoms with Crippen LogP contribution < -0.4 is 11.1 Å². The van der Waals surface area contributed by atoms with Gasteiger partial charge in [-0.05, 0) is 141 Å². The van der Waals surface area contributed by atoms with Crippen molar-refractivity contribution in [1.29, 1.82) is 0 Å². The summed E-state index contributed by atoms with van der Waals surface area (Å²) in [5, 5.41) is 46.8. The summed E-state index contributed by atoms with van der Waals surface area (Å²) in [6.07, 6.45) is 12.9. The summed E-state index contributed by atoms with van der Waals surface area (Å²) in [4.78, 5) is 53.0. The van der Waals surface area contributed by atoms with E-state index in [1.807, 2.05) is 47.6 Å². The maximum Gasteiger partial charge on any atom is 0 e. The molecule has 2 radical (unpaired) electrons. The van der Waals surface area contributed by atoms with Crippen molar-refractivity contribution in [3.8, 4) is 11.8 Å². The third-order valence-electron chi connectivity index (χ3n) is 7.45. The molecule has 1 unspecified atom stereocenters. The fraction of sp³-hybridized carbons (Fsp3) is 0.415. The first-order chi connectivity index (χ1) is 34.6. The van der Waals surface area contributed by atoms with Gasteiger partial charge in [0.05, 0.1) is 38.5 Å². The number of carboxylic acid groups (broad SMARTS) is 1. The van der Waals surface area contributed by atoms with Crippen molar-refractivity contribution in [3.05, 3.63) is 102 Å². The molecule has 392 valence electrons. The van der Waals surface area contributed by atoms with E-state index in [0.29, 0.717) is 26.2 Å². The summed E-state index contributed by atoms with van der Waals surface area (Å²) < 4.78 is 35.6. The predicted molar refractivity (Wildman–Crippen MR) is 330 cm³/mol. The first-order valence-electron chi connectivity index (χ1n) is 23.7. The molecule has 75 heavy (non-hydrogen) atoms. The van der Waals surface area contributed by atoms with E-state index in [-0.39, 0.29) is 122 Å². The summed E-state index contributed by atoms with van der Waals surface area (Å²) >= 11 is 15.5. The molecule has 34 heteroatoms. The first-order valence-corrected chi connectivity index (χ1v) is 73.6. The maximum atomic E-state index is 12.1. The molecule has 1 atom stereocenters. The van der Waals surface area contributed by atoms with Crippen LogP contribution in [-0.2, 0) is 75.0 Å². The zero-order chi connectivity index (χ0) is 58.2. The SMILES string of the molecule is C.CB(O)O.CC#CC.CC(C)C1=NC(C(=O)O)=CCC1.Cc1sncc1N.Cc1sncc1NC(=O)C1=CCCC(C(C)C)=N1.Cc1sncc1[N+](=O)[O-].O=[N+]([O-])c1cnsc1Br.P.[2HH].[2H][2H].[2H][2H].[CH3-].[CH3-].[K][K].[K][K].[K][K].[Y].[Y]. The molecule has 6 N–H and O–H groups in total. The Labute approximate surface area is 668 Å². The van der Waals surface area contributed by atoms with Crippen molar-refractivity contribution in [2.45, 2.75) is 102 Å². The van der Waals surface area contributed by atoms with E-state index in [9.17, 15) is 29.8 Å². The van der Waals surface area contributed by atoms with Crippen LogP contribution in [0.5, 0.6) is 0 Å². The Hall–Kier alpha value is 7.36. The van der Waals surface area contributed by atoms with Gasteiger partial charge in [0.2, 0.25) is 0 Å². The zero-order valence-corrected chi connectivity index (χ0v) is 77.0. The molecule has 6 rings (SSSR count). The number of nitrogen functional groups attached to an aromatic ring is 1. The molecule has 19 nitrogen and oxygen atoms in total. The van der Waals surface area contributed by atoms with Crippen molar-refractivity contribution < 1.29 is 107 Å². The van der Waals surface area contributed by atoms with Gasteiger partial charge in [0, 0.05) is 94.0 Å². The number of nitrogens with one attached hydrogen (secondary N) is 1. The molecule has 0 spiro atoms. The summed E-state index contributed by atoms with van der Waals surface area (Å²) in [6, 6.07) is 0. The number of allylic oxidation sites excluding steroid dienone is 2. The van der Waals surface area contributed by atoms with E-state index in [4.69, 9.17) is 26.8 Å². The van der Waals surface area contributed by atoms with Crippen LogP contribution >= 0.6 is 72.0 Å². The van der Waals surface area contributed by atoms with Gasteiger partial charge in [-0.1, -0.05) is 47.3 Å². The summed E-state index contributed by atoms with van der Waals surface area (Å²) in [5.41, 5.74) is 9.92. The van der Waals surface area contributed by atoms with Gasteiger partial charge in [0.25, 0.3) is 5.91 Å². The van der Waals surface area contributed by atoms with Gasteiger partial charge in [-0.3, -0.25) is 35.0 Å². The van der Waals surface area contributed by atoms with Crippen LogP contribution in [0.2, 0.25) is 6.82 Å². The maximum absolute atomic E-state index is 12.1.